The molecular formula is C24H24N4O3S2. The number of rotatable bonds is 5. The highest BCUT2D eigenvalue weighted by atomic mass is 32.2. The quantitative estimate of drug-likeness (QED) is 0.473. The Hall–Kier alpha value is -3.01. The number of hydrogen-bond acceptors (Lipinski definition) is 5. The van der Waals surface area contributed by atoms with Crippen LogP contribution in [-0.2, 0) is 36.6 Å². The average Bonchev–Trinajstić information content (AvgIpc) is 3.47. The fourth-order valence-corrected chi connectivity index (χ4v) is 6.47. The van der Waals surface area contributed by atoms with Crippen LogP contribution in [0.3, 0.4) is 0 Å². The lowest BCUT2D eigenvalue weighted by Gasteiger charge is -2.30. The van der Waals surface area contributed by atoms with Gasteiger partial charge in [0.2, 0.25) is 10.0 Å². The Labute approximate surface area is 196 Å². The zero-order valence-corrected chi connectivity index (χ0v) is 20.0. The number of nitrogens with zero attached hydrogens (tertiary/aromatic N) is 3. The van der Waals surface area contributed by atoms with E-state index in [0.29, 0.717) is 29.4 Å². The van der Waals surface area contributed by atoms with Crippen LogP contribution in [0.25, 0.3) is 10.9 Å². The lowest BCUT2D eigenvalue weighted by molar-refractivity contribution is 0.0725. The molecule has 1 amide bonds. The third-order valence-corrected chi connectivity index (χ3v) is 9.05. The van der Waals surface area contributed by atoms with Gasteiger partial charge in [0.05, 0.1) is 0 Å². The zero-order valence-electron chi connectivity index (χ0n) is 18.4. The van der Waals surface area contributed by atoms with Gasteiger partial charge in [0.1, 0.15) is 9.90 Å². The van der Waals surface area contributed by atoms with E-state index < -0.39 is 10.0 Å². The predicted octanol–water partition coefficient (Wildman–Crippen LogP) is 3.62. The van der Waals surface area contributed by atoms with E-state index in [4.69, 9.17) is 0 Å². The molecule has 9 heteroatoms. The van der Waals surface area contributed by atoms with Crippen molar-refractivity contribution in [2.75, 3.05) is 6.54 Å². The largest absolute Gasteiger partial charge is 0.340 e. The number of hydrogen-bond donors (Lipinski definition) is 1. The molecule has 4 aromatic rings. The maximum absolute atomic E-state index is 13.3. The van der Waals surface area contributed by atoms with Gasteiger partial charge in [-0.2, -0.15) is 0 Å². The molecule has 1 N–H and O–H groups in total. The Kier molecular flexibility index (Phi) is 5.55. The van der Waals surface area contributed by atoms with E-state index >= 15 is 0 Å². The summed E-state index contributed by atoms with van der Waals surface area (Å²) >= 11 is 1.19. The minimum atomic E-state index is -3.56. The van der Waals surface area contributed by atoms with Gasteiger partial charge in [-0.15, -0.1) is 11.3 Å². The Morgan fingerprint density at radius 2 is 2.03 bits per heavy atom. The molecule has 0 bridgehead atoms. The van der Waals surface area contributed by atoms with Crippen molar-refractivity contribution >= 4 is 38.2 Å². The van der Waals surface area contributed by atoms with E-state index in [9.17, 15) is 13.2 Å². The second-order valence-electron chi connectivity index (χ2n) is 8.21. The van der Waals surface area contributed by atoms with Crippen molar-refractivity contribution in [3.63, 3.8) is 0 Å². The molecule has 0 aliphatic carbocycles. The van der Waals surface area contributed by atoms with E-state index in [1.165, 1.54) is 11.3 Å². The molecule has 1 aliphatic rings. The van der Waals surface area contributed by atoms with Gasteiger partial charge in [-0.25, -0.2) is 13.1 Å². The number of aryl methyl sites for hydroxylation is 2. The third kappa shape index (κ3) is 3.96. The number of carbonyl (C=O) groups is 1. The molecule has 5 rings (SSSR count). The molecule has 0 saturated carbocycles. The van der Waals surface area contributed by atoms with Crippen LogP contribution in [-0.4, -0.2) is 35.3 Å². The summed E-state index contributed by atoms with van der Waals surface area (Å²) in [5, 5.41) is 2.78. The number of amides is 1. The minimum Gasteiger partial charge on any atom is -0.340 e. The first-order valence-electron chi connectivity index (χ1n) is 10.7. The van der Waals surface area contributed by atoms with Crippen LogP contribution in [0.2, 0.25) is 0 Å². The van der Waals surface area contributed by atoms with Gasteiger partial charge in [0.15, 0.2) is 0 Å². The second-order valence-corrected chi connectivity index (χ2v) is 11.1. The Bertz CT molecular complexity index is 1460. The highest BCUT2D eigenvalue weighted by molar-refractivity contribution is 7.91. The highest BCUT2D eigenvalue weighted by Gasteiger charge is 2.27. The molecular weight excluding hydrogens is 456 g/mol. The number of fused-ring (bicyclic) bond motifs is 2. The predicted molar refractivity (Wildman–Crippen MR) is 129 cm³/mol. The molecule has 0 atom stereocenters. The van der Waals surface area contributed by atoms with Crippen LogP contribution in [0.1, 0.15) is 32.9 Å². The lowest BCUT2D eigenvalue weighted by Crippen LogP contribution is -2.37. The molecule has 0 radical (unpaired) electrons. The summed E-state index contributed by atoms with van der Waals surface area (Å²) in [6.07, 6.45) is 2.47. The van der Waals surface area contributed by atoms with Crippen molar-refractivity contribution in [1.29, 1.82) is 0 Å². The maximum Gasteiger partial charge on any atom is 0.270 e. The summed E-state index contributed by atoms with van der Waals surface area (Å²) in [6.45, 7) is 3.09. The zero-order chi connectivity index (χ0) is 23.2. The topological polar surface area (TPSA) is 84.3 Å². The summed E-state index contributed by atoms with van der Waals surface area (Å²) < 4.78 is 30.1. The van der Waals surface area contributed by atoms with E-state index in [0.717, 1.165) is 33.3 Å². The van der Waals surface area contributed by atoms with Crippen molar-refractivity contribution in [2.45, 2.75) is 30.6 Å². The molecule has 170 valence electrons. The van der Waals surface area contributed by atoms with Gasteiger partial charge < -0.3 is 9.47 Å². The average molecular weight is 481 g/mol. The van der Waals surface area contributed by atoms with E-state index in [1.54, 1.807) is 17.5 Å². The van der Waals surface area contributed by atoms with Crippen molar-refractivity contribution in [3.8, 4) is 0 Å². The number of benzene rings is 1. The standard InChI is InChI=1S/C24H24N4O3S2/c1-16-20(14-26-33(30,31)23-8-5-11-32-23)19-9-10-28(15-18(19)13-25-16)24(29)22-12-17-6-3-4-7-21(17)27(22)2/h3-8,11-13,26H,9-10,14-15H2,1-2H3. The van der Waals surface area contributed by atoms with Crippen molar-refractivity contribution in [3.05, 3.63) is 82.1 Å². The lowest BCUT2D eigenvalue weighted by atomic mass is 9.95. The highest BCUT2D eigenvalue weighted by Crippen LogP contribution is 2.27. The molecule has 7 nitrogen and oxygen atoms in total. The number of pyridine rings is 1. The molecule has 3 aromatic heterocycles. The number of nitrogens with one attached hydrogen (secondary N) is 1. The fourth-order valence-electron chi connectivity index (χ4n) is 4.44. The number of thiophene rings is 1. The first-order valence-corrected chi connectivity index (χ1v) is 13.0. The van der Waals surface area contributed by atoms with Gasteiger partial charge in [0, 0.05) is 49.5 Å². The normalized spacial score (nSPS) is 13.9. The molecule has 0 unspecified atom stereocenters. The SMILES string of the molecule is Cc1ncc2c(c1CNS(=O)(=O)c1cccs1)CCN(C(=O)c1cc3ccccc3n1C)C2. The Morgan fingerprint density at radius 3 is 2.79 bits per heavy atom. The van der Waals surface area contributed by atoms with Crippen molar-refractivity contribution in [1.82, 2.24) is 19.2 Å². The van der Waals surface area contributed by atoms with Crippen molar-refractivity contribution in [2.24, 2.45) is 7.05 Å². The van der Waals surface area contributed by atoms with Gasteiger partial charge in [-0.1, -0.05) is 24.3 Å². The third-order valence-electron chi connectivity index (χ3n) is 6.25. The van der Waals surface area contributed by atoms with Crippen molar-refractivity contribution < 1.29 is 13.2 Å². The molecule has 1 aliphatic heterocycles. The number of carbonyl (C=O) groups excluding carboxylic acids is 1. The van der Waals surface area contributed by atoms with Gasteiger partial charge >= 0.3 is 0 Å². The summed E-state index contributed by atoms with van der Waals surface area (Å²) in [6, 6.07) is 13.2. The fraction of sp³-hybridized carbons (Fsp3) is 0.250. The minimum absolute atomic E-state index is 0.0140. The first kappa shape index (κ1) is 21.8. The number of sulfonamides is 1. The van der Waals surface area contributed by atoms with Gasteiger partial charge in [0.25, 0.3) is 5.91 Å². The first-order chi connectivity index (χ1) is 15.8. The molecule has 0 fully saturated rings. The van der Waals surface area contributed by atoms with Crippen LogP contribution in [0.5, 0.6) is 0 Å². The van der Waals surface area contributed by atoms with E-state index in [-0.39, 0.29) is 12.5 Å². The summed E-state index contributed by atoms with van der Waals surface area (Å²) in [4.78, 5) is 19.7. The number of para-hydroxylation sites is 1. The van der Waals surface area contributed by atoms with Gasteiger partial charge in [-0.3, -0.25) is 9.78 Å². The maximum atomic E-state index is 13.3. The van der Waals surface area contributed by atoms with E-state index in [1.807, 2.05) is 60.0 Å². The summed E-state index contributed by atoms with van der Waals surface area (Å²) in [7, 11) is -1.65. The molecule has 0 spiro atoms. The monoisotopic (exact) mass is 480 g/mol. The molecule has 1 aromatic carbocycles. The molecule has 33 heavy (non-hydrogen) atoms. The number of aromatic nitrogens is 2. The second kappa shape index (κ2) is 8.40. The van der Waals surface area contributed by atoms with Crippen LogP contribution in [0.4, 0.5) is 0 Å². The Balaban J connectivity index is 1.38. The van der Waals surface area contributed by atoms with E-state index in [2.05, 4.69) is 9.71 Å². The summed E-state index contributed by atoms with van der Waals surface area (Å²) in [5.41, 5.74) is 5.42. The smallest absolute Gasteiger partial charge is 0.270 e. The summed E-state index contributed by atoms with van der Waals surface area (Å²) in [5.74, 6) is -0.0140. The van der Waals surface area contributed by atoms with Gasteiger partial charge in [-0.05, 0) is 53.6 Å². The van der Waals surface area contributed by atoms with Crippen LogP contribution in [0, 0.1) is 6.92 Å². The molecule has 4 heterocycles. The Morgan fingerprint density at radius 1 is 1.21 bits per heavy atom. The van der Waals surface area contributed by atoms with Crippen LogP contribution >= 0.6 is 11.3 Å². The van der Waals surface area contributed by atoms with Crippen LogP contribution in [0.15, 0.2) is 58.3 Å². The molecule has 0 saturated heterocycles. The van der Waals surface area contributed by atoms with Crippen LogP contribution < -0.4 is 4.72 Å².